The number of nitrogens with zero attached hydrogens (tertiary/aromatic N) is 4. The van der Waals surface area contributed by atoms with Gasteiger partial charge in [-0.25, -0.2) is 4.98 Å². The molecule has 2 rings (SSSR count). The van der Waals surface area contributed by atoms with E-state index in [0.29, 0.717) is 0 Å². The van der Waals surface area contributed by atoms with Gasteiger partial charge in [0.15, 0.2) is 0 Å². The fourth-order valence-electron chi connectivity index (χ4n) is 2.49. The average Bonchev–Trinajstić information content (AvgIpc) is 2.83. The topological polar surface area (TPSA) is 60.0 Å². The van der Waals surface area contributed by atoms with Crippen molar-refractivity contribution in [3.05, 3.63) is 41.3 Å². The van der Waals surface area contributed by atoms with Crippen molar-refractivity contribution < 1.29 is 0 Å². The lowest BCUT2D eigenvalue weighted by Gasteiger charge is -2.20. The molecule has 2 N–H and O–H groups in total. The Morgan fingerprint density at radius 1 is 1.33 bits per heavy atom. The lowest BCUT2D eigenvalue weighted by atomic mass is 10.0. The van der Waals surface area contributed by atoms with E-state index < -0.39 is 0 Å². The van der Waals surface area contributed by atoms with Gasteiger partial charge in [0.25, 0.3) is 0 Å². The molecule has 0 aliphatic rings. The van der Waals surface area contributed by atoms with Gasteiger partial charge in [0.2, 0.25) is 0 Å². The second-order valence-electron chi connectivity index (χ2n) is 5.73. The summed E-state index contributed by atoms with van der Waals surface area (Å²) >= 11 is 0. The van der Waals surface area contributed by atoms with Crippen LogP contribution in [-0.2, 0) is 20.0 Å². The quantitative estimate of drug-likeness (QED) is 0.883. The minimum atomic E-state index is 0.213. The standard InChI is InChI=1S/C16H25N5/c1-5-15(17)7-13-6-12(2)16(18-8-13)20(3)10-14-9-19-21(4)11-14/h6,8-9,11,15H,5,7,10,17H2,1-4H3. The van der Waals surface area contributed by atoms with Crippen LogP contribution in [0.3, 0.4) is 0 Å². The van der Waals surface area contributed by atoms with Crippen LogP contribution < -0.4 is 10.6 Å². The van der Waals surface area contributed by atoms with E-state index >= 15 is 0 Å². The summed E-state index contributed by atoms with van der Waals surface area (Å²) in [6.07, 6.45) is 7.73. The Hall–Kier alpha value is -1.88. The van der Waals surface area contributed by atoms with Crippen molar-refractivity contribution in [2.45, 2.75) is 39.3 Å². The van der Waals surface area contributed by atoms with E-state index in [1.165, 1.54) is 16.7 Å². The minimum Gasteiger partial charge on any atom is -0.355 e. The average molecular weight is 287 g/mol. The van der Waals surface area contributed by atoms with Crippen LogP contribution in [0.15, 0.2) is 24.7 Å². The molecule has 0 radical (unpaired) electrons. The predicted octanol–water partition coefficient (Wildman–Crippen LogP) is 2.04. The van der Waals surface area contributed by atoms with Crippen molar-refractivity contribution in [3.63, 3.8) is 0 Å². The molecule has 0 bridgehead atoms. The summed E-state index contributed by atoms with van der Waals surface area (Å²) < 4.78 is 1.82. The van der Waals surface area contributed by atoms with Gasteiger partial charge in [-0.3, -0.25) is 4.68 Å². The molecule has 0 amide bonds. The molecule has 0 aliphatic heterocycles. The van der Waals surface area contributed by atoms with E-state index in [1.54, 1.807) is 0 Å². The Kier molecular flexibility index (Phi) is 4.96. The van der Waals surface area contributed by atoms with E-state index in [9.17, 15) is 0 Å². The van der Waals surface area contributed by atoms with Gasteiger partial charge in [-0.15, -0.1) is 0 Å². The molecule has 0 aromatic carbocycles. The highest BCUT2D eigenvalue weighted by Crippen LogP contribution is 2.19. The molecule has 0 saturated carbocycles. The summed E-state index contributed by atoms with van der Waals surface area (Å²) in [5.74, 6) is 1.01. The third-order valence-electron chi connectivity index (χ3n) is 3.67. The Bertz CT molecular complexity index is 590. The second-order valence-corrected chi connectivity index (χ2v) is 5.73. The lowest BCUT2D eigenvalue weighted by molar-refractivity contribution is 0.644. The van der Waals surface area contributed by atoms with Crippen molar-refractivity contribution in [3.8, 4) is 0 Å². The summed E-state index contributed by atoms with van der Waals surface area (Å²) in [6.45, 7) is 5.01. The van der Waals surface area contributed by atoms with Crippen LogP contribution in [0.4, 0.5) is 5.82 Å². The zero-order chi connectivity index (χ0) is 15.4. The van der Waals surface area contributed by atoms with Gasteiger partial charge in [0, 0.05) is 44.6 Å². The third-order valence-corrected chi connectivity index (χ3v) is 3.67. The van der Waals surface area contributed by atoms with Crippen molar-refractivity contribution >= 4 is 5.82 Å². The molecule has 1 atom stereocenters. The Morgan fingerprint density at radius 3 is 2.67 bits per heavy atom. The highest BCUT2D eigenvalue weighted by Gasteiger charge is 2.10. The fraction of sp³-hybridized carbons (Fsp3) is 0.500. The number of aryl methyl sites for hydroxylation is 2. The van der Waals surface area contributed by atoms with Crippen LogP contribution in [-0.4, -0.2) is 27.9 Å². The first kappa shape index (κ1) is 15.5. The van der Waals surface area contributed by atoms with Crippen molar-refractivity contribution in [1.82, 2.24) is 14.8 Å². The van der Waals surface area contributed by atoms with Crippen molar-refractivity contribution in [2.24, 2.45) is 12.8 Å². The smallest absolute Gasteiger partial charge is 0.131 e. The van der Waals surface area contributed by atoms with Crippen LogP contribution in [0.25, 0.3) is 0 Å². The molecule has 5 nitrogen and oxygen atoms in total. The number of pyridine rings is 1. The molecular weight excluding hydrogens is 262 g/mol. The highest BCUT2D eigenvalue weighted by molar-refractivity contribution is 5.47. The lowest BCUT2D eigenvalue weighted by Crippen LogP contribution is -2.22. The molecule has 2 aromatic rings. The van der Waals surface area contributed by atoms with E-state index in [1.807, 2.05) is 30.3 Å². The zero-order valence-corrected chi connectivity index (χ0v) is 13.4. The number of hydrogen-bond acceptors (Lipinski definition) is 4. The van der Waals surface area contributed by atoms with Crippen LogP contribution in [0, 0.1) is 6.92 Å². The number of aromatic nitrogens is 3. The van der Waals surface area contributed by atoms with Gasteiger partial charge in [-0.05, 0) is 30.9 Å². The van der Waals surface area contributed by atoms with Crippen LogP contribution in [0.1, 0.15) is 30.0 Å². The van der Waals surface area contributed by atoms with E-state index in [-0.39, 0.29) is 6.04 Å². The fourth-order valence-corrected chi connectivity index (χ4v) is 2.49. The molecule has 0 aliphatic carbocycles. The molecule has 0 fully saturated rings. The zero-order valence-electron chi connectivity index (χ0n) is 13.4. The predicted molar refractivity (Wildman–Crippen MR) is 86.3 cm³/mol. The van der Waals surface area contributed by atoms with Crippen molar-refractivity contribution in [2.75, 3.05) is 11.9 Å². The molecule has 0 saturated heterocycles. The maximum absolute atomic E-state index is 6.01. The minimum absolute atomic E-state index is 0.213. The molecule has 0 spiro atoms. The van der Waals surface area contributed by atoms with Gasteiger partial charge < -0.3 is 10.6 Å². The number of anilines is 1. The Labute approximate surface area is 126 Å². The molecular formula is C16H25N5. The summed E-state index contributed by atoms with van der Waals surface area (Å²) in [5, 5.41) is 4.20. The summed E-state index contributed by atoms with van der Waals surface area (Å²) in [6, 6.07) is 2.41. The van der Waals surface area contributed by atoms with E-state index in [0.717, 1.165) is 25.2 Å². The molecule has 2 aromatic heterocycles. The van der Waals surface area contributed by atoms with E-state index in [4.69, 9.17) is 5.73 Å². The maximum Gasteiger partial charge on any atom is 0.131 e. The molecule has 5 heteroatoms. The van der Waals surface area contributed by atoms with Gasteiger partial charge in [-0.1, -0.05) is 13.0 Å². The van der Waals surface area contributed by atoms with Gasteiger partial charge >= 0.3 is 0 Å². The normalized spacial score (nSPS) is 12.4. The summed E-state index contributed by atoms with van der Waals surface area (Å²) in [4.78, 5) is 6.76. The summed E-state index contributed by atoms with van der Waals surface area (Å²) in [7, 11) is 3.98. The van der Waals surface area contributed by atoms with Crippen LogP contribution >= 0.6 is 0 Å². The first-order valence-corrected chi connectivity index (χ1v) is 7.39. The van der Waals surface area contributed by atoms with E-state index in [2.05, 4.69) is 41.9 Å². The maximum atomic E-state index is 6.01. The van der Waals surface area contributed by atoms with Gasteiger partial charge in [0.05, 0.1) is 6.20 Å². The first-order valence-electron chi connectivity index (χ1n) is 7.39. The van der Waals surface area contributed by atoms with Gasteiger partial charge in [0.1, 0.15) is 5.82 Å². The molecule has 21 heavy (non-hydrogen) atoms. The van der Waals surface area contributed by atoms with Crippen molar-refractivity contribution in [1.29, 1.82) is 0 Å². The molecule has 2 heterocycles. The largest absolute Gasteiger partial charge is 0.355 e. The summed E-state index contributed by atoms with van der Waals surface area (Å²) in [5.41, 5.74) is 9.58. The molecule has 1 unspecified atom stereocenters. The monoisotopic (exact) mass is 287 g/mol. The molecule has 114 valence electrons. The first-order chi connectivity index (χ1) is 9.99. The van der Waals surface area contributed by atoms with Crippen LogP contribution in [0.5, 0.6) is 0 Å². The van der Waals surface area contributed by atoms with Crippen LogP contribution in [0.2, 0.25) is 0 Å². The number of hydrogen-bond donors (Lipinski definition) is 1. The number of rotatable bonds is 6. The third kappa shape index (κ3) is 4.04. The Balaban J connectivity index is 2.09. The second kappa shape index (κ2) is 6.72. The SMILES string of the molecule is CCC(N)Cc1cnc(N(C)Cc2cnn(C)c2)c(C)c1. The number of nitrogens with two attached hydrogens (primary N) is 1. The Morgan fingerprint density at radius 2 is 2.10 bits per heavy atom. The highest BCUT2D eigenvalue weighted by atomic mass is 15.2. The van der Waals surface area contributed by atoms with Gasteiger partial charge in [-0.2, -0.15) is 5.10 Å².